The fourth-order valence-electron chi connectivity index (χ4n) is 3.93. The van der Waals surface area contributed by atoms with Gasteiger partial charge in [-0.2, -0.15) is 0 Å². The number of likely N-dealkylation sites (tertiary alicyclic amines) is 1. The third-order valence-electron chi connectivity index (χ3n) is 5.24. The van der Waals surface area contributed by atoms with Crippen molar-refractivity contribution in [2.24, 2.45) is 0 Å². The zero-order valence-corrected chi connectivity index (χ0v) is 14.9. The zero-order chi connectivity index (χ0) is 17.1. The Bertz CT molecular complexity index is 713. The molecule has 0 aromatic carbocycles. The van der Waals surface area contributed by atoms with Crippen molar-refractivity contribution in [3.8, 4) is 0 Å². The monoisotopic (exact) mass is 338 g/mol. The Kier molecular flexibility index (Phi) is 4.78. The second-order valence-corrected chi connectivity index (χ2v) is 6.90. The fourth-order valence-corrected chi connectivity index (χ4v) is 3.93. The van der Waals surface area contributed by atoms with E-state index in [2.05, 4.69) is 43.3 Å². The van der Waals surface area contributed by atoms with Crippen molar-refractivity contribution >= 4 is 11.8 Å². The van der Waals surface area contributed by atoms with E-state index in [-0.39, 0.29) is 0 Å². The number of nitrogens with zero attached hydrogens (tertiary/aromatic N) is 5. The quantitative estimate of drug-likeness (QED) is 0.905. The van der Waals surface area contributed by atoms with Crippen LogP contribution in [0.1, 0.15) is 43.0 Å². The lowest BCUT2D eigenvalue weighted by molar-refractivity contribution is 0.245. The SMILES string of the molecule is CNc1cc(C2CCCN2Cc2ccnc(N3CCCC3)n2)ccn1. The highest BCUT2D eigenvalue weighted by Gasteiger charge is 2.27. The Morgan fingerprint density at radius 2 is 1.92 bits per heavy atom. The second kappa shape index (κ2) is 7.35. The first-order valence-electron chi connectivity index (χ1n) is 9.28. The molecule has 4 heterocycles. The largest absolute Gasteiger partial charge is 0.373 e. The molecule has 6 heteroatoms. The Balaban J connectivity index is 1.50. The number of aromatic nitrogens is 3. The van der Waals surface area contributed by atoms with Gasteiger partial charge in [0.05, 0.1) is 5.69 Å². The molecule has 0 radical (unpaired) electrons. The molecule has 1 atom stereocenters. The van der Waals surface area contributed by atoms with E-state index in [1.807, 2.05) is 19.4 Å². The van der Waals surface area contributed by atoms with Crippen LogP contribution in [-0.2, 0) is 6.54 Å². The van der Waals surface area contributed by atoms with Crippen molar-refractivity contribution in [1.29, 1.82) is 0 Å². The van der Waals surface area contributed by atoms with Crippen LogP contribution in [0.15, 0.2) is 30.6 Å². The highest BCUT2D eigenvalue weighted by molar-refractivity contribution is 5.38. The molecule has 1 unspecified atom stereocenters. The van der Waals surface area contributed by atoms with Gasteiger partial charge < -0.3 is 10.2 Å². The molecule has 6 nitrogen and oxygen atoms in total. The smallest absolute Gasteiger partial charge is 0.225 e. The summed E-state index contributed by atoms with van der Waals surface area (Å²) in [7, 11) is 1.92. The molecule has 132 valence electrons. The van der Waals surface area contributed by atoms with Crippen molar-refractivity contribution in [3.63, 3.8) is 0 Å². The van der Waals surface area contributed by atoms with E-state index in [1.54, 1.807) is 0 Å². The van der Waals surface area contributed by atoms with E-state index < -0.39 is 0 Å². The normalized spacial score (nSPS) is 21.0. The summed E-state index contributed by atoms with van der Waals surface area (Å²) in [5.74, 6) is 1.83. The molecule has 4 rings (SSSR count). The molecule has 2 saturated heterocycles. The van der Waals surface area contributed by atoms with Crippen molar-refractivity contribution in [3.05, 3.63) is 41.9 Å². The molecule has 0 aliphatic carbocycles. The minimum absolute atomic E-state index is 0.445. The molecule has 0 amide bonds. The van der Waals surface area contributed by atoms with Crippen LogP contribution in [0.2, 0.25) is 0 Å². The van der Waals surface area contributed by atoms with Gasteiger partial charge in [-0.1, -0.05) is 0 Å². The molecule has 25 heavy (non-hydrogen) atoms. The van der Waals surface area contributed by atoms with Crippen LogP contribution in [0.5, 0.6) is 0 Å². The van der Waals surface area contributed by atoms with Gasteiger partial charge in [-0.15, -0.1) is 0 Å². The summed E-state index contributed by atoms with van der Waals surface area (Å²) in [5.41, 5.74) is 2.46. The molecule has 2 aliphatic heterocycles. The molecule has 2 aromatic rings. The maximum atomic E-state index is 4.83. The van der Waals surface area contributed by atoms with E-state index in [4.69, 9.17) is 4.98 Å². The third kappa shape index (κ3) is 3.58. The maximum absolute atomic E-state index is 4.83. The van der Waals surface area contributed by atoms with Crippen LogP contribution < -0.4 is 10.2 Å². The Morgan fingerprint density at radius 3 is 2.76 bits per heavy atom. The predicted octanol–water partition coefficient (Wildman–Crippen LogP) is 2.85. The average molecular weight is 338 g/mol. The summed E-state index contributed by atoms with van der Waals surface area (Å²) in [6, 6.07) is 6.80. The standard InChI is InChI=1S/C19H26N6/c1-20-18-13-15(6-8-21-18)17-5-4-12-25(17)14-16-7-9-22-19(23-16)24-10-2-3-11-24/h6-9,13,17H,2-5,10-12,14H2,1H3,(H,20,21). The van der Waals surface area contributed by atoms with E-state index in [1.165, 1.54) is 31.2 Å². The fraction of sp³-hybridized carbons (Fsp3) is 0.526. The van der Waals surface area contributed by atoms with Gasteiger partial charge in [0.2, 0.25) is 5.95 Å². The molecule has 0 spiro atoms. The summed E-state index contributed by atoms with van der Waals surface area (Å²) >= 11 is 0. The molecular formula is C19H26N6. The summed E-state index contributed by atoms with van der Waals surface area (Å²) in [6.45, 7) is 4.16. The lowest BCUT2D eigenvalue weighted by Gasteiger charge is -2.25. The number of anilines is 2. The number of nitrogens with one attached hydrogen (secondary N) is 1. The first kappa shape index (κ1) is 16.3. The van der Waals surface area contributed by atoms with Crippen LogP contribution in [-0.4, -0.2) is 46.5 Å². The molecule has 2 fully saturated rings. The van der Waals surface area contributed by atoms with Crippen LogP contribution >= 0.6 is 0 Å². The van der Waals surface area contributed by atoms with Crippen molar-refractivity contribution in [2.75, 3.05) is 36.9 Å². The van der Waals surface area contributed by atoms with Crippen LogP contribution in [0, 0.1) is 0 Å². The molecule has 2 aromatic heterocycles. The lowest BCUT2D eigenvalue weighted by Crippen LogP contribution is -2.25. The Hall–Kier alpha value is -2.21. The topological polar surface area (TPSA) is 57.2 Å². The van der Waals surface area contributed by atoms with E-state index in [0.29, 0.717) is 6.04 Å². The average Bonchev–Trinajstić information content (AvgIpc) is 3.34. The van der Waals surface area contributed by atoms with Crippen LogP contribution in [0.3, 0.4) is 0 Å². The molecule has 2 aliphatic rings. The van der Waals surface area contributed by atoms with E-state index in [9.17, 15) is 0 Å². The number of pyridine rings is 1. The van der Waals surface area contributed by atoms with Gasteiger partial charge in [0.1, 0.15) is 5.82 Å². The van der Waals surface area contributed by atoms with Gasteiger partial charge in [-0.3, -0.25) is 4.90 Å². The van der Waals surface area contributed by atoms with Crippen LogP contribution in [0.25, 0.3) is 0 Å². The van der Waals surface area contributed by atoms with Gasteiger partial charge in [0.15, 0.2) is 0 Å². The minimum atomic E-state index is 0.445. The van der Waals surface area contributed by atoms with Gasteiger partial charge in [-0.05, 0) is 56.0 Å². The minimum Gasteiger partial charge on any atom is -0.373 e. The first-order valence-corrected chi connectivity index (χ1v) is 9.28. The van der Waals surface area contributed by atoms with Crippen molar-refractivity contribution < 1.29 is 0 Å². The highest BCUT2D eigenvalue weighted by Crippen LogP contribution is 2.33. The maximum Gasteiger partial charge on any atom is 0.225 e. The lowest BCUT2D eigenvalue weighted by atomic mass is 10.1. The zero-order valence-electron chi connectivity index (χ0n) is 14.9. The van der Waals surface area contributed by atoms with Crippen molar-refractivity contribution in [2.45, 2.75) is 38.3 Å². The molecule has 0 saturated carbocycles. The van der Waals surface area contributed by atoms with Crippen LogP contribution in [0.4, 0.5) is 11.8 Å². The Morgan fingerprint density at radius 1 is 1.08 bits per heavy atom. The summed E-state index contributed by atoms with van der Waals surface area (Å²) in [5, 5.41) is 3.14. The first-order chi connectivity index (χ1) is 12.3. The summed E-state index contributed by atoms with van der Waals surface area (Å²) in [4.78, 5) is 18.5. The van der Waals surface area contributed by atoms with Gasteiger partial charge >= 0.3 is 0 Å². The second-order valence-electron chi connectivity index (χ2n) is 6.90. The Labute approximate surface area is 149 Å². The summed E-state index contributed by atoms with van der Waals surface area (Å²) < 4.78 is 0. The number of rotatable bonds is 5. The molecule has 1 N–H and O–H groups in total. The highest BCUT2D eigenvalue weighted by atomic mass is 15.3. The van der Waals surface area contributed by atoms with E-state index in [0.717, 1.165) is 43.6 Å². The summed E-state index contributed by atoms with van der Waals surface area (Å²) in [6.07, 6.45) is 8.72. The van der Waals surface area contributed by atoms with Gasteiger partial charge in [0, 0.05) is 45.1 Å². The number of hydrogen-bond acceptors (Lipinski definition) is 6. The number of hydrogen-bond donors (Lipinski definition) is 1. The third-order valence-corrected chi connectivity index (χ3v) is 5.24. The van der Waals surface area contributed by atoms with E-state index >= 15 is 0 Å². The van der Waals surface area contributed by atoms with Gasteiger partial charge in [-0.25, -0.2) is 15.0 Å². The molecule has 0 bridgehead atoms. The van der Waals surface area contributed by atoms with Crippen molar-refractivity contribution in [1.82, 2.24) is 19.9 Å². The van der Waals surface area contributed by atoms with Gasteiger partial charge in [0.25, 0.3) is 0 Å². The predicted molar refractivity (Wildman–Crippen MR) is 99.6 cm³/mol. The molecular weight excluding hydrogens is 312 g/mol.